The topological polar surface area (TPSA) is 99.4 Å². The lowest BCUT2D eigenvalue weighted by Crippen LogP contribution is -2.48. The molecule has 1 aliphatic rings. The van der Waals surface area contributed by atoms with Crippen LogP contribution in [-0.4, -0.2) is 68.4 Å². The molecule has 1 saturated heterocycles. The van der Waals surface area contributed by atoms with E-state index >= 15 is 0 Å². The zero-order chi connectivity index (χ0) is 20.5. The van der Waals surface area contributed by atoms with Crippen molar-refractivity contribution in [1.82, 2.24) is 24.0 Å². The van der Waals surface area contributed by atoms with E-state index in [1.807, 2.05) is 0 Å². The molecule has 1 aliphatic heterocycles. The summed E-state index contributed by atoms with van der Waals surface area (Å²) in [7, 11) is 1.57. The van der Waals surface area contributed by atoms with Crippen LogP contribution in [0.15, 0.2) is 33.9 Å². The molecule has 0 aliphatic carbocycles. The van der Waals surface area contributed by atoms with Crippen LogP contribution in [0.4, 0.5) is 10.3 Å². The van der Waals surface area contributed by atoms with Crippen molar-refractivity contribution in [2.75, 3.05) is 44.2 Å². The molecule has 2 N–H and O–H groups in total. The monoisotopic (exact) mass is 438 g/mol. The Morgan fingerprint density at radius 2 is 1.80 bits per heavy atom. The van der Waals surface area contributed by atoms with Gasteiger partial charge in [0.2, 0.25) is 5.95 Å². The summed E-state index contributed by atoms with van der Waals surface area (Å²) < 4.78 is 16.4. The van der Waals surface area contributed by atoms with E-state index in [1.165, 1.54) is 16.7 Å². The first kappa shape index (κ1) is 22.0. The largest absolute Gasteiger partial charge is 0.395 e. The highest BCUT2D eigenvalue weighted by Crippen LogP contribution is 2.22. The quantitative estimate of drug-likeness (QED) is 0.588. The van der Waals surface area contributed by atoms with E-state index in [1.54, 1.807) is 23.7 Å². The number of aromatic nitrogens is 4. The van der Waals surface area contributed by atoms with Crippen molar-refractivity contribution in [2.45, 2.75) is 6.54 Å². The standard InChI is InChI=1S/C19H23FN6O3.ClH/c1-23-16-15(17(28)22-19(23)29)26(12-13-2-4-14(20)5-3-13)18(21-16)25-8-6-24(7-9-25)10-11-27;/h2-5,27H,6-12H2,1H3,(H,22,28,29);1H. The molecule has 3 heterocycles. The summed E-state index contributed by atoms with van der Waals surface area (Å²) in [5.74, 6) is 0.268. The number of benzene rings is 1. The second-order valence-corrected chi connectivity index (χ2v) is 7.17. The van der Waals surface area contributed by atoms with E-state index < -0.39 is 11.2 Å². The summed E-state index contributed by atoms with van der Waals surface area (Å²) in [6.07, 6.45) is 0. The van der Waals surface area contributed by atoms with Crippen LogP contribution in [0.25, 0.3) is 11.2 Å². The van der Waals surface area contributed by atoms with E-state index in [2.05, 4.69) is 19.8 Å². The molecule has 162 valence electrons. The number of piperazine rings is 1. The van der Waals surface area contributed by atoms with Gasteiger partial charge in [-0.3, -0.25) is 23.8 Å². The molecule has 0 radical (unpaired) electrons. The number of H-pyrrole nitrogens is 1. The van der Waals surface area contributed by atoms with Crippen molar-refractivity contribution in [3.63, 3.8) is 0 Å². The zero-order valence-electron chi connectivity index (χ0n) is 16.5. The fourth-order valence-electron chi connectivity index (χ4n) is 3.70. The molecule has 1 fully saturated rings. The van der Waals surface area contributed by atoms with Gasteiger partial charge in [0.1, 0.15) is 5.82 Å². The van der Waals surface area contributed by atoms with Gasteiger partial charge in [-0.15, -0.1) is 12.4 Å². The number of aromatic amines is 1. The number of aliphatic hydroxyl groups is 1. The second kappa shape index (κ2) is 8.99. The third kappa shape index (κ3) is 4.11. The molecule has 3 aromatic rings. The summed E-state index contributed by atoms with van der Waals surface area (Å²) in [6.45, 7) is 3.93. The Hall–Kier alpha value is -2.69. The molecule has 0 amide bonds. The Balaban J connectivity index is 0.00000256. The Labute approximate surface area is 177 Å². The summed E-state index contributed by atoms with van der Waals surface area (Å²) in [5.41, 5.74) is 0.424. The Morgan fingerprint density at radius 3 is 2.43 bits per heavy atom. The minimum Gasteiger partial charge on any atom is -0.395 e. The summed E-state index contributed by atoms with van der Waals surface area (Å²) in [6, 6.07) is 6.09. The number of fused-ring (bicyclic) bond motifs is 1. The van der Waals surface area contributed by atoms with Crippen molar-refractivity contribution in [1.29, 1.82) is 0 Å². The minimum absolute atomic E-state index is 0. The maximum atomic E-state index is 13.3. The molecule has 9 nitrogen and oxygen atoms in total. The lowest BCUT2D eigenvalue weighted by atomic mass is 10.2. The molecule has 0 saturated carbocycles. The highest BCUT2D eigenvalue weighted by atomic mass is 35.5. The highest BCUT2D eigenvalue weighted by Gasteiger charge is 2.24. The van der Waals surface area contributed by atoms with Crippen molar-refractivity contribution in [3.05, 3.63) is 56.5 Å². The van der Waals surface area contributed by atoms with Crippen LogP contribution in [-0.2, 0) is 13.6 Å². The lowest BCUT2D eigenvalue weighted by Gasteiger charge is -2.35. The molecule has 4 rings (SSSR count). The van der Waals surface area contributed by atoms with Gasteiger partial charge in [-0.25, -0.2) is 9.18 Å². The predicted octanol–water partition coefficient (Wildman–Crippen LogP) is 0.147. The van der Waals surface area contributed by atoms with Gasteiger partial charge in [-0.1, -0.05) is 12.1 Å². The number of imidazole rings is 1. The van der Waals surface area contributed by atoms with Crippen LogP contribution < -0.4 is 16.1 Å². The number of aryl methyl sites for hydroxylation is 1. The number of β-amino-alcohol motifs (C(OH)–C–C–N with tert-alkyl or cyclic N) is 1. The highest BCUT2D eigenvalue weighted by molar-refractivity contribution is 5.85. The van der Waals surface area contributed by atoms with E-state index in [9.17, 15) is 14.0 Å². The summed E-state index contributed by atoms with van der Waals surface area (Å²) in [4.78, 5) is 35.8. The molecule has 30 heavy (non-hydrogen) atoms. The third-order valence-corrected chi connectivity index (χ3v) is 5.31. The first-order chi connectivity index (χ1) is 14.0. The molecule has 0 spiro atoms. The zero-order valence-corrected chi connectivity index (χ0v) is 17.4. The Kier molecular flexibility index (Phi) is 6.59. The van der Waals surface area contributed by atoms with E-state index in [-0.39, 0.29) is 24.8 Å². The van der Waals surface area contributed by atoms with Crippen LogP contribution in [0.3, 0.4) is 0 Å². The molecule has 2 aromatic heterocycles. The number of hydrogen-bond acceptors (Lipinski definition) is 6. The van der Waals surface area contributed by atoms with Crippen molar-refractivity contribution < 1.29 is 9.50 Å². The lowest BCUT2D eigenvalue weighted by molar-refractivity contribution is 0.188. The number of hydrogen-bond donors (Lipinski definition) is 2. The van der Waals surface area contributed by atoms with Gasteiger partial charge in [-0.2, -0.15) is 4.98 Å². The fourth-order valence-corrected chi connectivity index (χ4v) is 3.70. The molecule has 11 heteroatoms. The van der Waals surface area contributed by atoms with Crippen LogP contribution in [0.1, 0.15) is 5.56 Å². The van der Waals surface area contributed by atoms with Gasteiger partial charge >= 0.3 is 5.69 Å². The van der Waals surface area contributed by atoms with E-state index in [0.29, 0.717) is 43.3 Å². The smallest absolute Gasteiger partial charge is 0.329 e. The summed E-state index contributed by atoms with van der Waals surface area (Å²) in [5, 5.41) is 9.14. The first-order valence-electron chi connectivity index (χ1n) is 9.50. The molecular weight excluding hydrogens is 415 g/mol. The fraction of sp³-hybridized carbons (Fsp3) is 0.421. The number of nitrogens with one attached hydrogen (secondary N) is 1. The molecule has 0 bridgehead atoms. The molecule has 0 unspecified atom stereocenters. The van der Waals surface area contributed by atoms with Crippen molar-refractivity contribution in [3.8, 4) is 0 Å². The first-order valence-corrected chi connectivity index (χ1v) is 9.50. The third-order valence-electron chi connectivity index (χ3n) is 5.31. The van der Waals surface area contributed by atoms with E-state index in [4.69, 9.17) is 5.11 Å². The molecular formula is C19H24ClFN6O3. The number of anilines is 1. The van der Waals surface area contributed by atoms with Gasteiger partial charge in [0.05, 0.1) is 13.2 Å². The average molecular weight is 439 g/mol. The van der Waals surface area contributed by atoms with Crippen LogP contribution in [0.2, 0.25) is 0 Å². The Bertz CT molecular complexity index is 1130. The number of aliphatic hydroxyl groups excluding tert-OH is 1. The molecule has 1 aromatic carbocycles. The van der Waals surface area contributed by atoms with Crippen LogP contribution in [0.5, 0.6) is 0 Å². The van der Waals surface area contributed by atoms with Gasteiger partial charge < -0.3 is 10.0 Å². The normalized spacial score (nSPS) is 14.8. The summed E-state index contributed by atoms with van der Waals surface area (Å²) >= 11 is 0. The number of rotatable bonds is 5. The van der Waals surface area contributed by atoms with E-state index in [0.717, 1.165) is 18.7 Å². The average Bonchev–Trinajstić information content (AvgIpc) is 3.09. The second-order valence-electron chi connectivity index (χ2n) is 7.17. The van der Waals surface area contributed by atoms with Crippen LogP contribution >= 0.6 is 12.4 Å². The van der Waals surface area contributed by atoms with Gasteiger partial charge in [0.15, 0.2) is 11.2 Å². The Morgan fingerprint density at radius 1 is 1.13 bits per heavy atom. The number of nitrogens with zero attached hydrogens (tertiary/aromatic N) is 5. The molecule has 0 atom stereocenters. The van der Waals surface area contributed by atoms with Crippen molar-refractivity contribution in [2.24, 2.45) is 7.05 Å². The van der Waals surface area contributed by atoms with Crippen LogP contribution in [0, 0.1) is 5.82 Å². The van der Waals surface area contributed by atoms with Gasteiger partial charge in [0, 0.05) is 39.8 Å². The maximum absolute atomic E-state index is 13.3. The minimum atomic E-state index is -0.520. The van der Waals surface area contributed by atoms with Crippen molar-refractivity contribution >= 4 is 29.5 Å². The van der Waals surface area contributed by atoms with Gasteiger partial charge in [-0.05, 0) is 17.7 Å². The maximum Gasteiger partial charge on any atom is 0.329 e. The van der Waals surface area contributed by atoms with Gasteiger partial charge in [0.25, 0.3) is 5.56 Å². The SMILES string of the molecule is Cl.Cn1c(=O)[nH]c(=O)c2c1nc(N1CCN(CCO)CC1)n2Cc1ccc(F)cc1. The predicted molar refractivity (Wildman–Crippen MR) is 114 cm³/mol. The number of halogens is 2.